The minimum atomic E-state index is -0.219. The van der Waals surface area contributed by atoms with Gasteiger partial charge in [-0.05, 0) is 37.1 Å². The van der Waals surface area contributed by atoms with Gasteiger partial charge in [0.25, 0.3) is 5.56 Å². The summed E-state index contributed by atoms with van der Waals surface area (Å²) in [4.78, 5) is 19.0. The Hall–Kier alpha value is -3.02. The Morgan fingerprint density at radius 2 is 2.00 bits per heavy atom. The normalized spacial score (nSPS) is 10.6. The number of H-pyrrole nitrogens is 1. The lowest BCUT2D eigenvalue weighted by Crippen LogP contribution is -2.19. The van der Waals surface area contributed by atoms with Crippen molar-refractivity contribution in [2.24, 2.45) is 0 Å². The van der Waals surface area contributed by atoms with Gasteiger partial charge in [0, 0.05) is 17.8 Å². The Morgan fingerprint density at radius 1 is 1.17 bits per heavy atom. The van der Waals surface area contributed by atoms with E-state index in [4.69, 9.17) is 10.2 Å². The van der Waals surface area contributed by atoms with Gasteiger partial charge in [0.15, 0.2) is 5.76 Å². The fourth-order valence-corrected chi connectivity index (χ4v) is 2.42. The van der Waals surface area contributed by atoms with Gasteiger partial charge in [-0.15, -0.1) is 0 Å². The van der Waals surface area contributed by atoms with Crippen LogP contribution < -0.4 is 16.6 Å². The van der Waals surface area contributed by atoms with Crippen molar-refractivity contribution < 1.29 is 4.42 Å². The summed E-state index contributed by atoms with van der Waals surface area (Å²) >= 11 is 0. The number of rotatable bonds is 6. The highest BCUT2D eigenvalue weighted by Gasteiger charge is 2.14. The summed E-state index contributed by atoms with van der Waals surface area (Å²) in [5.41, 5.74) is 7.58. The standard InChI is InChI=1S/C17H18N4O2/c18-17-20-15(14-9-5-11-23-14)13(16(22)21-17)8-4-10-19-12-6-2-1-3-7-12/h1-3,5-7,9,11,19H,4,8,10H2,(H3,18,20,21,22). The lowest BCUT2D eigenvalue weighted by molar-refractivity contribution is 0.578. The summed E-state index contributed by atoms with van der Waals surface area (Å²) in [6.45, 7) is 0.755. The Balaban J connectivity index is 1.71. The first-order valence-electron chi connectivity index (χ1n) is 7.45. The molecule has 0 spiro atoms. The number of nitrogens with one attached hydrogen (secondary N) is 2. The van der Waals surface area contributed by atoms with Gasteiger partial charge in [0.2, 0.25) is 5.95 Å². The largest absolute Gasteiger partial charge is 0.463 e. The molecule has 3 rings (SSSR count). The van der Waals surface area contributed by atoms with Crippen LogP contribution in [0, 0.1) is 0 Å². The maximum absolute atomic E-state index is 12.2. The van der Waals surface area contributed by atoms with Crippen LogP contribution in [0.3, 0.4) is 0 Å². The summed E-state index contributed by atoms with van der Waals surface area (Å²) in [7, 11) is 0. The van der Waals surface area contributed by atoms with E-state index in [0.717, 1.165) is 18.7 Å². The number of nitrogen functional groups attached to an aromatic ring is 1. The number of nitrogens with zero attached hydrogens (tertiary/aromatic N) is 1. The maximum Gasteiger partial charge on any atom is 0.256 e. The minimum Gasteiger partial charge on any atom is -0.463 e. The molecule has 23 heavy (non-hydrogen) atoms. The molecule has 1 aromatic carbocycles. The van der Waals surface area contributed by atoms with Crippen molar-refractivity contribution in [3.05, 3.63) is 64.6 Å². The smallest absolute Gasteiger partial charge is 0.256 e. The van der Waals surface area contributed by atoms with Crippen LogP contribution >= 0.6 is 0 Å². The van der Waals surface area contributed by atoms with Crippen LogP contribution in [0.5, 0.6) is 0 Å². The zero-order valence-corrected chi connectivity index (χ0v) is 12.6. The first-order chi connectivity index (χ1) is 11.2. The van der Waals surface area contributed by atoms with Crippen molar-refractivity contribution in [3.8, 4) is 11.5 Å². The Morgan fingerprint density at radius 3 is 2.74 bits per heavy atom. The molecule has 2 aromatic heterocycles. The van der Waals surface area contributed by atoms with Gasteiger partial charge in [-0.1, -0.05) is 18.2 Å². The molecule has 6 heteroatoms. The predicted octanol–water partition coefficient (Wildman–Crippen LogP) is 2.66. The number of para-hydroxylation sites is 1. The number of aromatic nitrogens is 2. The highest BCUT2D eigenvalue weighted by atomic mass is 16.3. The predicted molar refractivity (Wildman–Crippen MR) is 90.2 cm³/mol. The van der Waals surface area contributed by atoms with Gasteiger partial charge in [0.05, 0.1) is 6.26 Å². The second-order valence-electron chi connectivity index (χ2n) is 5.15. The number of hydrogen-bond acceptors (Lipinski definition) is 5. The highest BCUT2D eigenvalue weighted by molar-refractivity contribution is 5.57. The molecule has 0 amide bonds. The van der Waals surface area contributed by atoms with Gasteiger partial charge < -0.3 is 15.5 Å². The zero-order chi connectivity index (χ0) is 16.1. The van der Waals surface area contributed by atoms with Crippen LogP contribution in [0.15, 0.2) is 57.9 Å². The van der Waals surface area contributed by atoms with Crippen molar-refractivity contribution in [1.29, 1.82) is 0 Å². The van der Waals surface area contributed by atoms with Crippen molar-refractivity contribution in [2.45, 2.75) is 12.8 Å². The van der Waals surface area contributed by atoms with E-state index in [2.05, 4.69) is 15.3 Å². The van der Waals surface area contributed by atoms with Crippen LogP contribution in [-0.2, 0) is 6.42 Å². The SMILES string of the molecule is Nc1nc(-c2ccco2)c(CCCNc2ccccc2)c(=O)[nH]1. The molecule has 0 atom stereocenters. The first-order valence-corrected chi connectivity index (χ1v) is 7.45. The molecule has 0 fully saturated rings. The summed E-state index contributed by atoms with van der Waals surface area (Å²) in [5.74, 6) is 0.640. The van der Waals surface area contributed by atoms with Gasteiger partial charge in [-0.2, -0.15) is 0 Å². The topological polar surface area (TPSA) is 96.9 Å². The molecular formula is C17H18N4O2. The molecule has 4 N–H and O–H groups in total. The monoisotopic (exact) mass is 310 g/mol. The van der Waals surface area contributed by atoms with Crippen LogP contribution in [0.4, 0.5) is 11.6 Å². The lowest BCUT2D eigenvalue weighted by atomic mass is 10.1. The van der Waals surface area contributed by atoms with Crippen LogP contribution in [0.25, 0.3) is 11.5 Å². The van der Waals surface area contributed by atoms with Crippen LogP contribution in [-0.4, -0.2) is 16.5 Å². The Labute approximate surface area is 133 Å². The molecule has 2 heterocycles. The number of aromatic amines is 1. The molecule has 0 aliphatic rings. The van der Waals surface area contributed by atoms with E-state index in [1.807, 2.05) is 30.3 Å². The van der Waals surface area contributed by atoms with Crippen molar-refractivity contribution in [2.75, 3.05) is 17.6 Å². The number of furan rings is 1. The second kappa shape index (κ2) is 6.83. The number of anilines is 2. The third-order valence-corrected chi connectivity index (χ3v) is 3.49. The molecular weight excluding hydrogens is 292 g/mol. The third-order valence-electron chi connectivity index (χ3n) is 3.49. The lowest BCUT2D eigenvalue weighted by Gasteiger charge is -2.08. The van der Waals surface area contributed by atoms with Crippen molar-refractivity contribution >= 4 is 11.6 Å². The zero-order valence-electron chi connectivity index (χ0n) is 12.6. The second-order valence-corrected chi connectivity index (χ2v) is 5.15. The fraction of sp³-hybridized carbons (Fsp3) is 0.176. The molecule has 0 radical (unpaired) electrons. The van der Waals surface area contributed by atoms with E-state index in [1.54, 1.807) is 18.4 Å². The molecule has 0 aliphatic heterocycles. The van der Waals surface area contributed by atoms with Crippen molar-refractivity contribution in [1.82, 2.24) is 9.97 Å². The van der Waals surface area contributed by atoms with Gasteiger partial charge in [0.1, 0.15) is 5.69 Å². The summed E-state index contributed by atoms with van der Waals surface area (Å²) in [5, 5.41) is 3.32. The summed E-state index contributed by atoms with van der Waals surface area (Å²) in [6, 6.07) is 13.5. The fourth-order valence-electron chi connectivity index (χ4n) is 2.42. The van der Waals surface area contributed by atoms with Gasteiger partial charge in [-0.3, -0.25) is 9.78 Å². The summed E-state index contributed by atoms with van der Waals surface area (Å²) < 4.78 is 5.36. The summed E-state index contributed by atoms with van der Waals surface area (Å²) in [6.07, 6.45) is 2.92. The first kappa shape index (κ1) is 14.9. The van der Waals surface area contributed by atoms with E-state index >= 15 is 0 Å². The van der Waals surface area contributed by atoms with E-state index in [9.17, 15) is 4.79 Å². The molecule has 0 unspecified atom stereocenters. The average molecular weight is 310 g/mol. The number of nitrogens with two attached hydrogens (primary N) is 1. The van der Waals surface area contributed by atoms with E-state index in [0.29, 0.717) is 23.4 Å². The van der Waals surface area contributed by atoms with Crippen molar-refractivity contribution in [3.63, 3.8) is 0 Å². The molecule has 0 saturated carbocycles. The Kier molecular flexibility index (Phi) is 4.42. The third kappa shape index (κ3) is 3.60. The molecule has 6 nitrogen and oxygen atoms in total. The molecule has 3 aromatic rings. The average Bonchev–Trinajstić information content (AvgIpc) is 3.08. The van der Waals surface area contributed by atoms with E-state index in [-0.39, 0.29) is 11.5 Å². The number of benzene rings is 1. The van der Waals surface area contributed by atoms with Crippen LogP contribution in [0.2, 0.25) is 0 Å². The van der Waals surface area contributed by atoms with Crippen LogP contribution in [0.1, 0.15) is 12.0 Å². The van der Waals surface area contributed by atoms with Gasteiger partial charge in [-0.25, -0.2) is 4.98 Å². The molecule has 0 aliphatic carbocycles. The minimum absolute atomic E-state index is 0.0903. The van der Waals surface area contributed by atoms with E-state index in [1.165, 1.54) is 0 Å². The van der Waals surface area contributed by atoms with E-state index < -0.39 is 0 Å². The van der Waals surface area contributed by atoms with Gasteiger partial charge >= 0.3 is 0 Å². The number of hydrogen-bond donors (Lipinski definition) is 3. The highest BCUT2D eigenvalue weighted by Crippen LogP contribution is 2.21. The maximum atomic E-state index is 12.2. The quantitative estimate of drug-likeness (QED) is 0.608. The molecule has 118 valence electrons. The molecule has 0 saturated heterocycles. The molecule has 0 bridgehead atoms. The Bertz CT molecular complexity index is 810.